The normalized spacial score (nSPS) is 40.9. The van der Waals surface area contributed by atoms with E-state index in [1.807, 2.05) is 0 Å². The minimum atomic E-state index is -3.52. The number of carbonyl (C=O) groups excluding carboxylic acids is 1. The van der Waals surface area contributed by atoms with Crippen LogP contribution in [0.2, 0.25) is 0 Å². The highest BCUT2D eigenvalue weighted by molar-refractivity contribution is 5.82. The predicted octanol–water partition coefficient (Wildman–Crippen LogP) is 0.841. The summed E-state index contributed by atoms with van der Waals surface area (Å²) in [6.45, 7) is -2.95. The molecule has 94 valence electrons. The number of aliphatic hydroxyl groups is 1. The molecule has 0 spiro atoms. The van der Waals surface area contributed by atoms with Crippen molar-refractivity contribution in [3.05, 3.63) is 0 Å². The fraction of sp³-hybridized carbons (Fsp3) is 0.909. The molecular weight excluding hydrogens is 212 g/mol. The quantitative estimate of drug-likeness (QED) is 0.722. The molecule has 0 bridgehead atoms. The van der Waals surface area contributed by atoms with Gasteiger partial charge in [0.05, 0.1) is 7.11 Å². The zero-order chi connectivity index (χ0) is 17.8. The highest BCUT2D eigenvalue weighted by atomic mass is 16.8. The van der Waals surface area contributed by atoms with Gasteiger partial charge in [0, 0.05) is 8.22 Å². The van der Waals surface area contributed by atoms with E-state index in [9.17, 15) is 9.90 Å². The number of hydrogen-bond donors (Lipinski definition) is 1. The Balaban J connectivity index is 3.74. The van der Waals surface area contributed by atoms with E-state index in [2.05, 4.69) is 4.74 Å². The zero-order valence-electron chi connectivity index (χ0n) is 15.7. The summed E-state index contributed by atoms with van der Waals surface area (Å²) in [5, 5.41) is 10.7. The van der Waals surface area contributed by atoms with Gasteiger partial charge in [0.2, 0.25) is 5.60 Å². The van der Waals surface area contributed by atoms with E-state index >= 15 is 0 Å². The fourth-order valence-corrected chi connectivity index (χ4v) is 1.88. The standard InChI is InChI=1S/C11H20O5/c1-7-11(8(12)14-6,9(2,3)13)16-10(4,5)15-7/h7,13H,1-6H3/t7-,11-/m0/s1/i2D3,3D3. The highest BCUT2D eigenvalue weighted by Crippen LogP contribution is 2.43. The maximum atomic E-state index is 12.3. The Morgan fingerprint density at radius 3 is 2.44 bits per heavy atom. The Morgan fingerprint density at radius 2 is 2.12 bits per heavy atom. The molecule has 1 N–H and O–H groups in total. The van der Waals surface area contributed by atoms with Crippen molar-refractivity contribution in [1.82, 2.24) is 0 Å². The summed E-state index contributed by atoms with van der Waals surface area (Å²) in [5.41, 5.74) is -6.25. The Bertz CT molecular complexity index is 443. The molecule has 1 fully saturated rings. The first-order chi connectivity index (χ1) is 9.57. The second-order valence-corrected chi connectivity index (χ2v) is 4.20. The predicted molar refractivity (Wildman–Crippen MR) is 56.8 cm³/mol. The number of esters is 1. The van der Waals surface area contributed by atoms with Crippen LogP contribution >= 0.6 is 0 Å². The van der Waals surface area contributed by atoms with Crippen LogP contribution < -0.4 is 0 Å². The Hall–Kier alpha value is -0.650. The van der Waals surface area contributed by atoms with Crippen molar-refractivity contribution in [1.29, 1.82) is 0 Å². The first-order valence-corrected chi connectivity index (χ1v) is 4.75. The molecule has 0 radical (unpaired) electrons. The van der Waals surface area contributed by atoms with Crippen molar-refractivity contribution in [2.45, 2.75) is 57.6 Å². The molecule has 1 aliphatic heterocycles. The number of rotatable bonds is 2. The third-order valence-corrected chi connectivity index (χ3v) is 2.47. The van der Waals surface area contributed by atoms with Crippen LogP contribution in [-0.4, -0.2) is 41.3 Å². The van der Waals surface area contributed by atoms with Crippen molar-refractivity contribution >= 4 is 5.97 Å². The summed E-state index contributed by atoms with van der Waals surface area (Å²) in [5.74, 6) is -2.82. The Labute approximate surface area is 104 Å². The molecule has 0 aromatic carbocycles. The molecule has 0 aliphatic carbocycles. The topological polar surface area (TPSA) is 65.0 Å². The maximum Gasteiger partial charge on any atom is 0.344 e. The van der Waals surface area contributed by atoms with Crippen molar-refractivity contribution in [2.75, 3.05) is 7.11 Å². The number of carbonyl (C=O) groups is 1. The van der Waals surface area contributed by atoms with E-state index in [1.54, 1.807) is 0 Å². The molecule has 0 saturated carbocycles. The molecular formula is C11H20O5. The van der Waals surface area contributed by atoms with E-state index in [-0.39, 0.29) is 0 Å². The SMILES string of the molecule is [2H]C([2H])([2H])C(O)(C([2H])([2H])[2H])[C@]1(C(=O)OC)OC(C)(C)O[C@H]1C. The van der Waals surface area contributed by atoms with Gasteiger partial charge in [-0.3, -0.25) is 0 Å². The first-order valence-electron chi connectivity index (χ1n) is 7.75. The lowest BCUT2D eigenvalue weighted by Crippen LogP contribution is -2.62. The van der Waals surface area contributed by atoms with Gasteiger partial charge in [0.15, 0.2) is 5.79 Å². The van der Waals surface area contributed by atoms with Crippen LogP contribution in [0.5, 0.6) is 0 Å². The number of ether oxygens (including phenoxy) is 3. The monoisotopic (exact) mass is 238 g/mol. The van der Waals surface area contributed by atoms with Gasteiger partial charge in [-0.2, -0.15) is 0 Å². The Morgan fingerprint density at radius 1 is 1.56 bits per heavy atom. The third-order valence-electron chi connectivity index (χ3n) is 2.47. The van der Waals surface area contributed by atoms with E-state index in [0.717, 1.165) is 7.11 Å². The molecule has 16 heavy (non-hydrogen) atoms. The fourth-order valence-electron chi connectivity index (χ4n) is 1.88. The van der Waals surface area contributed by atoms with Crippen LogP contribution in [-0.2, 0) is 19.0 Å². The van der Waals surface area contributed by atoms with Crippen LogP contribution in [0.1, 0.15) is 42.7 Å². The minimum absolute atomic E-state index is 0.935. The lowest BCUT2D eigenvalue weighted by Gasteiger charge is -2.38. The van der Waals surface area contributed by atoms with Crippen LogP contribution in [0.15, 0.2) is 0 Å². The van der Waals surface area contributed by atoms with Crippen molar-refractivity contribution in [3.63, 3.8) is 0 Å². The van der Waals surface area contributed by atoms with Crippen LogP contribution in [0.3, 0.4) is 0 Å². The summed E-state index contributed by atoms with van der Waals surface area (Å²) in [4.78, 5) is 12.3. The second-order valence-electron chi connectivity index (χ2n) is 4.20. The molecule has 1 heterocycles. The smallest absolute Gasteiger partial charge is 0.344 e. The molecule has 5 heteroatoms. The van der Waals surface area contributed by atoms with Crippen molar-refractivity contribution in [3.8, 4) is 0 Å². The van der Waals surface area contributed by atoms with Gasteiger partial charge >= 0.3 is 5.97 Å². The van der Waals surface area contributed by atoms with Gasteiger partial charge in [-0.05, 0) is 34.5 Å². The summed E-state index contributed by atoms with van der Waals surface area (Å²) in [6, 6.07) is 0. The molecule has 0 amide bonds. The van der Waals surface area contributed by atoms with E-state index in [1.165, 1.54) is 20.8 Å². The zero-order valence-corrected chi connectivity index (χ0v) is 9.66. The molecule has 0 aromatic heterocycles. The summed E-state index contributed by atoms with van der Waals surface area (Å²) < 4.78 is 60.2. The lowest BCUT2D eigenvalue weighted by molar-refractivity contribution is -0.220. The first kappa shape index (κ1) is 6.93. The maximum absolute atomic E-state index is 12.3. The average molecular weight is 238 g/mol. The van der Waals surface area contributed by atoms with Gasteiger partial charge in [0.25, 0.3) is 0 Å². The van der Waals surface area contributed by atoms with Crippen molar-refractivity contribution in [2.24, 2.45) is 0 Å². The van der Waals surface area contributed by atoms with Gasteiger partial charge in [-0.1, -0.05) is 0 Å². The van der Waals surface area contributed by atoms with E-state index in [4.69, 9.17) is 17.7 Å². The Kier molecular flexibility index (Phi) is 1.60. The van der Waals surface area contributed by atoms with Crippen LogP contribution in [0, 0.1) is 0 Å². The van der Waals surface area contributed by atoms with E-state index < -0.39 is 42.8 Å². The molecule has 1 saturated heterocycles. The molecule has 1 aliphatic rings. The lowest BCUT2D eigenvalue weighted by atomic mass is 9.81. The molecule has 0 aromatic rings. The molecule has 2 atom stereocenters. The van der Waals surface area contributed by atoms with Crippen LogP contribution in [0.4, 0.5) is 0 Å². The van der Waals surface area contributed by atoms with Crippen LogP contribution in [0.25, 0.3) is 0 Å². The summed E-state index contributed by atoms with van der Waals surface area (Å²) in [6.07, 6.45) is -1.37. The minimum Gasteiger partial charge on any atom is -0.467 e. The molecule has 1 rings (SSSR count). The second kappa shape index (κ2) is 3.68. The van der Waals surface area contributed by atoms with Gasteiger partial charge in [0.1, 0.15) is 11.7 Å². The van der Waals surface area contributed by atoms with E-state index in [0.29, 0.717) is 0 Å². The van der Waals surface area contributed by atoms with Gasteiger partial charge in [-0.25, -0.2) is 4.79 Å². The summed E-state index contributed by atoms with van der Waals surface area (Å²) in [7, 11) is 0.935. The number of methoxy groups -OCH3 is 1. The number of hydrogen-bond acceptors (Lipinski definition) is 5. The van der Waals surface area contributed by atoms with Crippen molar-refractivity contribution < 1.29 is 32.3 Å². The third kappa shape index (κ3) is 1.83. The largest absolute Gasteiger partial charge is 0.467 e. The van der Waals surface area contributed by atoms with Gasteiger partial charge < -0.3 is 19.3 Å². The summed E-state index contributed by atoms with van der Waals surface area (Å²) >= 11 is 0. The van der Waals surface area contributed by atoms with Gasteiger partial charge in [-0.15, -0.1) is 0 Å². The average Bonchev–Trinajstić information content (AvgIpc) is 2.55. The molecule has 0 unspecified atom stereocenters. The molecule has 5 nitrogen and oxygen atoms in total. The highest BCUT2D eigenvalue weighted by Gasteiger charge is 2.65.